The van der Waals surface area contributed by atoms with Gasteiger partial charge in [-0.2, -0.15) is 0 Å². The lowest BCUT2D eigenvalue weighted by Gasteiger charge is -2.17. The molecule has 0 radical (unpaired) electrons. The first kappa shape index (κ1) is 20.6. The molecule has 0 saturated carbocycles. The SMILES string of the molecule is Cc1cc(-c2nc3cccnc3s2)ccc1NC(=O)C1CC(=O)N(c2ccc(Cl)cc2)C1. The molecule has 0 aliphatic carbocycles. The quantitative estimate of drug-likeness (QED) is 0.446. The van der Waals surface area contributed by atoms with Crippen molar-refractivity contribution < 1.29 is 9.59 Å². The van der Waals surface area contributed by atoms with Gasteiger partial charge in [-0.15, -0.1) is 0 Å². The van der Waals surface area contributed by atoms with E-state index in [-0.39, 0.29) is 18.2 Å². The van der Waals surface area contributed by atoms with Crippen molar-refractivity contribution in [3.63, 3.8) is 0 Å². The third-order valence-electron chi connectivity index (χ3n) is 5.53. The zero-order valence-corrected chi connectivity index (χ0v) is 18.8. The predicted octanol–water partition coefficient (Wildman–Crippen LogP) is 5.31. The van der Waals surface area contributed by atoms with Crippen molar-refractivity contribution in [1.29, 1.82) is 0 Å². The predicted molar refractivity (Wildman–Crippen MR) is 128 cm³/mol. The molecule has 2 aromatic carbocycles. The summed E-state index contributed by atoms with van der Waals surface area (Å²) in [5.74, 6) is -0.633. The van der Waals surface area contributed by atoms with E-state index in [4.69, 9.17) is 11.6 Å². The maximum Gasteiger partial charge on any atom is 0.229 e. The molecule has 2 aromatic heterocycles. The minimum Gasteiger partial charge on any atom is -0.326 e. The number of rotatable bonds is 4. The Morgan fingerprint density at radius 2 is 2.00 bits per heavy atom. The van der Waals surface area contributed by atoms with Gasteiger partial charge >= 0.3 is 0 Å². The van der Waals surface area contributed by atoms with Crippen molar-refractivity contribution in [2.45, 2.75) is 13.3 Å². The standard InChI is InChI=1S/C24H19ClN4O2S/c1-14-11-15(23-28-20-3-2-10-26-24(20)32-23)4-9-19(14)27-22(31)16-12-21(30)29(13-16)18-7-5-17(25)6-8-18/h2-11,16H,12-13H2,1H3,(H,27,31). The van der Waals surface area contributed by atoms with Crippen LogP contribution < -0.4 is 10.2 Å². The van der Waals surface area contributed by atoms with Gasteiger partial charge in [-0.3, -0.25) is 9.59 Å². The van der Waals surface area contributed by atoms with E-state index in [9.17, 15) is 9.59 Å². The smallest absolute Gasteiger partial charge is 0.229 e. The summed E-state index contributed by atoms with van der Waals surface area (Å²) in [5, 5.41) is 4.49. The number of carbonyl (C=O) groups is 2. The molecule has 1 atom stereocenters. The Hall–Kier alpha value is -3.29. The zero-order chi connectivity index (χ0) is 22.2. The highest BCUT2D eigenvalue weighted by Gasteiger charge is 2.35. The number of hydrogen-bond acceptors (Lipinski definition) is 5. The Balaban J connectivity index is 1.30. The van der Waals surface area contributed by atoms with Crippen LogP contribution in [0.5, 0.6) is 0 Å². The topological polar surface area (TPSA) is 75.2 Å². The molecule has 4 aromatic rings. The molecule has 0 bridgehead atoms. The Bertz CT molecular complexity index is 1300. The average Bonchev–Trinajstić information content (AvgIpc) is 3.39. The molecule has 160 valence electrons. The first-order valence-electron chi connectivity index (χ1n) is 10.2. The maximum absolute atomic E-state index is 12.9. The molecular weight excluding hydrogens is 444 g/mol. The van der Waals surface area contributed by atoms with Crippen LogP contribution in [0.2, 0.25) is 5.02 Å². The molecule has 1 aliphatic rings. The number of aryl methyl sites for hydroxylation is 1. The summed E-state index contributed by atoms with van der Waals surface area (Å²) in [4.78, 5) is 36.9. The molecule has 5 rings (SSSR count). The number of nitrogens with zero attached hydrogens (tertiary/aromatic N) is 3. The Labute approximate surface area is 193 Å². The van der Waals surface area contributed by atoms with Crippen LogP contribution in [0.3, 0.4) is 0 Å². The van der Waals surface area contributed by atoms with Crippen LogP contribution in [-0.4, -0.2) is 28.3 Å². The van der Waals surface area contributed by atoms with Gasteiger partial charge in [0, 0.05) is 41.1 Å². The van der Waals surface area contributed by atoms with Crippen LogP contribution in [0.15, 0.2) is 60.8 Å². The van der Waals surface area contributed by atoms with Crippen LogP contribution >= 0.6 is 22.9 Å². The summed E-state index contributed by atoms with van der Waals surface area (Å²) in [6, 6.07) is 16.7. The van der Waals surface area contributed by atoms with Gasteiger partial charge in [0.15, 0.2) is 0 Å². The van der Waals surface area contributed by atoms with E-state index in [0.717, 1.165) is 37.9 Å². The monoisotopic (exact) mass is 462 g/mol. The molecule has 1 N–H and O–H groups in total. The number of hydrogen-bond donors (Lipinski definition) is 1. The third kappa shape index (κ3) is 3.97. The molecule has 32 heavy (non-hydrogen) atoms. The van der Waals surface area contributed by atoms with E-state index in [0.29, 0.717) is 11.6 Å². The number of carbonyl (C=O) groups excluding carboxylic acids is 2. The summed E-state index contributed by atoms with van der Waals surface area (Å²) in [6.45, 7) is 2.30. The zero-order valence-electron chi connectivity index (χ0n) is 17.2. The second kappa shape index (κ2) is 8.33. The molecule has 0 spiro atoms. The summed E-state index contributed by atoms with van der Waals surface area (Å²) in [5.41, 5.74) is 4.27. The summed E-state index contributed by atoms with van der Waals surface area (Å²) >= 11 is 7.47. The average molecular weight is 463 g/mol. The van der Waals surface area contributed by atoms with E-state index < -0.39 is 5.92 Å². The van der Waals surface area contributed by atoms with Crippen molar-refractivity contribution in [2.24, 2.45) is 5.92 Å². The van der Waals surface area contributed by atoms with Crippen LogP contribution in [0.1, 0.15) is 12.0 Å². The Kier molecular flexibility index (Phi) is 5.36. The van der Waals surface area contributed by atoms with Crippen LogP contribution in [-0.2, 0) is 9.59 Å². The van der Waals surface area contributed by atoms with Gasteiger partial charge in [-0.25, -0.2) is 9.97 Å². The number of anilines is 2. The number of benzene rings is 2. The maximum atomic E-state index is 12.9. The number of amides is 2. The number of pyridine rings is 1. The second-order valence-corrected chi connectivity index (χ2v) is 9.16. The number of fused-ring (bicyclic) bond motifs is 1. The normalized spacial score (nSPS) is 16.0. The van der Waals surface area contributed by atoms with Gasteiger partial charge in [0.1, 0.15) is 15.4 Å². The first-order valence-corrected chi connectivity index (χ1v) is 11.4. The van der Waals surface area contributed by atoms with Crippen molar-refractivity contribution in [3.05, 3.63) is 71.4 Å². The van der Waals surface area contributed by atoms with E-state index in [1.165, 1.54) is 11.3 Å². The van der Waals surface area contributed by atoms with E-state index in [1.54, 1.807) is 35.4 Å². The lowest BCUT2D eigenvalue weighted by molar-refractivity contribution is -0.122. The number of aromatic nitrogens is 2. The first-order chi connectivity index (χ1) is 15.5. The molecule has 1 saturated heterocycles. The van der Waals surface area contributed by atoms with Crippen molar-refractivity contribution in [2.75, 3.05) is 16.8 Å². The number of thiazole rings is 1. The second-order valence-electron chi connectivity index (χ2n) is 7.75. The lowest BCUT2D eigenvalue weighted by atomic mass is 10.1. The highest BCUT2D eigenvalue weighted by Crippen LogP contribution is 2.32. The molecule has 1 aliphatic heterocycles. The Morgan fingerprint density at radius 3 is 2.75 bits per heavy atom. The van der Waals surface area contributed by atoms with Crippen LogP contribution in [0.4, 0.5) is 11.4 Å². The molecule has 1 unspecified atom stereocenters. The van der Waals surface area contributed by atoms with Crippen molar-refractivity contribution in [3.8, 4) is 10.6 Å². The fraction of sp³-hybridized carbons (Fsp3) is 0.167. The van der Waals surface area contributed by atoms with Gasteiger partial charge in [0.25, 0.3) is 0 Å². The number of nitrogens with one attached hydrogen (secondary N) is 1. The van der Waals surface area contributed by atoms with Gasteiger partial charge in [0.2, 0.25) is 11.8 Å². The van der Waals surface area contributed by atoms with Crippen LogP contribution in [0, 0.1) is 12.8 Å². The molecular formula is C24H19ClN4O2S. The number of halogens is 1. The molecule has 1 fully saturated rings. The summed E-state index contributed by atoms with van der Waals surface area (Å²) in [7, 11) is 0. The molecule has 6 nitrogen and oxygen atoms in total. The minimum absolute atomic E-state index is 0.0658. The van der Waals surface area contributed by atoms with Gasteiger partial charge in [-0.05, 0) is 67.1 Å². The van der Waals surface area contributed by atoms with Crippen molar-refractivity contribution >= 4 is 56.5 Å². The van der Waals surface area contributed by atoms with E-state index in [1.807, 2.05) is 37.3 Å². The largest absolute Gasteiger partial charge is 0.326 e. The Morgan fingerprint density at radius 1 is 1.19 bits per heavy atom. The van der Waals surface area contributed by atoms with Crippen LogP contribution in [0.25, 0.3) is 20.9 Å². The fourth-order valence-electron chi connectivity index (χ4n) is 3.82. The molecule has 8 heteroatoms. The molecule has 2 amide bonds. The molecule has 3 heterocycles. The van der Waals surface area contributed by atoms with Gasteiger partial charge in [0.05, 0.1) is 5.92 Å². The highest BCUT2D eigenvalue weighted by molar-refractivity contribution is 7.21. The lowest BCUT2D eigenvalue weighted by Crippen LogP contribution is -2.28. The summed E-state index contributed by atoms with van der Waals surface area (Å²) in [6.07, 6.45) is 1.94. The van der Waals surface area contributed by atoms with Gasteiger partial charge < -0.3 is 10.2 Å². The van der Waals surface area contributed by atoms with Gasteiger partial charge in [-0.1, -0.05) is 22.9 Å². The third-order valence-corrected chi connectivity index (χ3v) is 6.81. The fourth-order valence-corrected chi connectivity index (χ4v) is 4.85. The van der Waals surface area contributed by atoms with Crippen molar-refractivity contribution in [1.82, 2.24) is 9.97 Å². The highest BCUT2D eigenvalue weighted by atomic mass is 35.5. The minimum atomic E-state index is -0.410. The van der Waals surface area contributed by atoms with E-state index in [2.05, 4.69) is 15.3 Å². The summed E-state index contributed by atoms with van der Waals surface area (Å²) < 4.78 is 0. The van der Waals surface area contributed by atoms with E-state index >= 15 is 0 Å².